The van der Waals surface area contributed by atoms with Crippen LogP contribution in [-0.2, 0) is 5.88 Å². The van der Waals surface area contributed by atoms with Gasteiger partial charge >= 0.3 is 0 Å². The van der Waals surface area contributed by atoms with Gasteiger partial charge in [-0.25, -0.2) is 4.98 Å². The molecule has 0 aromatic carbocycles. The van der Waals surface area contributed by atoms with Gasteiger partial charge < -0.3 is 5.73 Å². The zero-order valence-corrected chi connectivity index (χ0v) is 6.82. The largest absolute Gasteiger partial charge is 0.384 e. The van der Waals surface area contributed by atoms with Crippen molar-refractivity contribution in [1.82, 2.24) is 4.98 Å². The number of alkyl halides is 1. The third-order valence-corrected chi connectivity index (χ3v) is 1.31. The fourth-order valence-corrected chi connectivity index (χ4v) is 0.744. The van der Waals surface area contributed by atoms with Crippen molar-refractivity contribution in [2.45, 2.75) is 5.88 Å². The van der Waals surface area contributed by atoms with E-state index in [0.717, 1.165) is 5.56 Å². The topological polar surface area (TPSA) is 38.9 Å². The average Bonchev–Trinajstić information content (AvgIpc) is 1.88. The van der Waals surface area contributed by atoms with E-state index in [2.05, 4.69) is 4.98 Å². The number of nitrogens with zero attached hydrogens (tertiary/aromatic N) is 1. The maximum Gasteiger partial charge on any atom is 0.123 e. The van der Waals surface area contributed by atoms with E-state index in [9.17, 15) is 0 Å². The molecule has 1 heterocycles. The van der Waals surface area contributed by atoms with Crippen molar-refractivity contribution in [2.24, 2.45) is 0 Å². The van der Waals surface area contributed by atoms with Gasteiger partial charge in [0.1, 0.15) is 5.82 Å². The first kappa shape index (κ1) is 9.53. The Morgan fingerprint density at radius 1 is 1.60 bits per heavy atom. The summed E-state index contributed by atoms with van der Waals surface area (Å²) in [6.45, 7) is 0. The van der Waals surface area contributed by atoms with E-state index < -0.39 is 0 Å². The lowest BCUT2D eigenvalue weighted by atomic mass is 10.3. The zero-order chi connectivity index (χ0) is 6.69. The number of rotatable bonds is 1. The lowest BCUT2D eigenvalue weighted by molar-refractivity contribution is 1.28. The van der Waals surface area contributed by atoms with Crippen LogP contribution in [0.4, 0.5) is 5.82 Å². The van der Waals surface area contributed by atoms with Crippen molar-refractivity contribution in [2.75, 3.05) is 5.73 Å². The standard InChI is InChI=1S/C6H7ClN2.ClH/c7-4-5-1-2-9-6(8)3-5;/h1-3H,4H2,(H2,8,9);1H. The summed E-state index contributed by atoms with van der Waals surface area (Å²) in [6.07, 6.45) is 1.65. The van der Waals surface area contributed by atoms with Gasteiger partial charge in [-0.1, -0.05) is 0 Å². The molecule has 0 atom stereocenters. The molecule has 1 aromatic rings. The van der Waals surface area contributed by atoms with E-state index >= 15 is 0 Å². The molecule has 0 fully saturated rings. The highest BCUT2D eigenvalue weighted by Crippen LogP contribution is 2.04. The van der Waals surface area contributed by atoms with Gasteiger partial charge in [-0.2, -0.15) is 0 Å². The van der Waals surface area contributed by atoms with Crippen LogP contribution in [0, 0.1) is 0 Å². The van der Waals surface area contributed by atoms with Crippen LogP contribution in [0.25, 0.3) is 0 Å². The lowest BCUT2D eigenvalue weighted by Gasteiger charge is -1.93. The summed E-state index contributed by atoms with van der Waals surface area (Å²) in [6, 6.07) is 3.59. The average molecular weight is 179 g/mol. The summed E-state index contributed by atoms with van der Waals surface area (Å²) in [7, 11) is 0. The number of nitrogen functional groups attached to an aromatic ring is 1. The van der Waals surface area contributed by atoms with Gasteiger partial charge in [0.25, 0.3) is 0 Å². The van der Waals surface area contributed by atoms with E-state index in [4.69, 9.17) is 17.3 Å². The Morgan fingerprint density at radius 3 is 2.70 bits per heavy atom. The van der Waals surface area contributed by atoms with Gasteiger partial charge in [0.2, 0.25) is 0 Å². The van der Waals surface area contributed by atoms with E-state index in [1.54, 1.807) is 12.3 Å². The molecule has 0 saturated heterocycles. The Hall–Kier alpha value is -0.470. The first-order chi connectivity index (χ1) is 4.33. The molecule has 10 heavy (non-hydrogen) atoms. The van der Waals surface area contributed by atoms with Crippen LogP contribution < -0.4 is 5.73 Å². The summed E-state index contributed by atoms with van der Waals surface area (Å²) in [5.74, 6) is 1.01. The summed E-state index contributed by atoms with van der Waals surface area (Å²) in [5, 5.41) is 0. The predicted molar refractivity (Wildman–Crippen MR) is 45.5 cm³/mol. The Kier molecular flexibility index (Phi) is 4.16. The quantitative estimate of drug-likeness (QED) is 0.667. The first-order valence-electron chi connectivity index (χ1n) is 2.59. The highest BCUT2D eigenvalue weighted by molar-refractivity contribution is 6.17. The Balaban J connectivity index is 0.000000810. The molecule has 0 radical (unpaired) electrons. The Bertz CT molecular complexity index is 203. The summed E-state index contributed by atoms with van der Waals surface area (Å²) in [4.78, 5) is 3.81. The molecule has 56 valence electrons. The smallest absolute Gasteiger partial charge is 0.123 e. The van der Waals surface area contributed by atoms with Crippen LogP contribution in [0.1, 0.15) is 5.56 Å². The molecule has 4 heteroatoms. The SMILES string of the molecule is Cl.Nc1cc(CCl)ccn1. The molecular weight excluding hydrogens is 171 g/mol. The minimum Gasteiger partial charge on any atom is -0.384 e. The van der Waals surface area contributed by atoms with Crippen molar-refractivity contribution in [3.8, 4) is 0 Å². The normalized spacial score (nSPS) is 8.50. The lowest BCUT2D eigenvalue weighted by Crippen LogP contribution is -1.89. The van der Waals surface area contributed by atoms with Gasteiger partial charge in [-0.3, -0.25) is 0 Å². The summed E-state index contributed by atoms with van der Waals surface area (Å²) < 4.78 is 0. The predicted octanol–water partition coefficient (Wildman–Crippen LogP) is 1.82. The number of nitrogens with two attached hydrogens (primary N) is 1. The fourth-order valence-electron chi connectivity index (χ4n) is 0.578. The van der Waals surface area contributed by atoms with Gasteiger partial charge in [-0.15, -0.1) is 24.0 Å². The van der Waals surface area contributed by atoms with Crippen LogP contribution in [-0.4, -0.2) is 4.98 Å². The molecule has 0 unspecified atom stereocenters. The zero-order valence-electron chi connectivity index (χ0n) is 5.25. The third kappa shape index (κ3) is 2.42. The second-order valence-corrected chi connectivity index (χ2v) is 1.99. The Labute approximate surface area is 70.8 Å². The van der Waals surface area contributed by atoms with Crippen LogP contribution in [0.3, 0.4) is 0 Å². The van der Waals surface area contributed by atoms with Crippen LogP contribution >= 0.6 is 24.0 Å². The maximum atomic E-state index is 5.52. The number of anilines is 1. The minimum absolute atomic E-state index is 0. The number of hydrogen-bond acceptors (Lipinski definition) is 2. The molecule has 0 saturated carbocycles. The minimum atomic E-state index is 0. The van der Waals surface area contributed by atoms with E-state index in [1.807, 2.05) is 6.07 Å². The second-order valence-electron chi connectivity index (χ2n) is 1.72. The van der Waals surface area contributed by atoms with Gasteiger partial charge in [0, 0.05) is 12.1 Å². The maximum absolute atomic E-state index is 5.52. The van der Waals surface area contributed by atoms with Crippen LogP contribution in [0.5, 0.6) is 0 Å². The molecule has 1 rings (SSSR count). The molecule has 0 amide bonds. The van der Waals surface area contributed by atoms with Gasteiger partial charge in [-0.05, 0) is 17.7 Å². The fraction of sp³-hybridized carbons (Fsp3) is 0.167. The molecule has 0 aliphatic heterocycles. The molecule has 1 aromatic heterocycles. The molecule has 0 aliphatic carbocycles. The first-order valence-corrected chi connectivity index (χ1v) is 3.13. The van der Waals surface area contributed by atoms with Crippen molar-refractivity contribution < 1.29 is 0 Å². The van der Waals surface area contributed by atoms with Crippen molar-refractivity contribution in [3.63, 3.8) is 0 Å². The molecule has 2 N–H and O–H groups in total. The number of halogens is 2. The summed E-state index contributed by atoms with van der Waals surface area (Å²) in [5.41, 5.74) is 6.37. The number of aromatic nitrogens is 1. The number of hydrogen-bond donors (Lipinski definition) is 1. The van der Waals surface area contributed by atoms with Crippen LogP contribution in [0.2, 0.25) is 0 Å². The van der Waals surface area contributed by atoms with Crippen molar-refractivity contribution in [1.29, 1.82) is 0 Å². The van der Waals surface area contributed by atoms with Crippen molar-refractivity contribution >= 4 is 29.8 Å². The van der Waals surface area contributed by atoms with Gasteiger partial charge in [0.15, 0.2) is 0 Å². The van der Waals surface area contributed by atoms with Crippen LogP contribution in [0.15, 0.2) is 18.3 Å². The molecule has 2 nitrogen and oxygen atoms in total. The third-order valence-electron chi connectivity index (χ3n) is 1.000. The highest BCUT2D eigenvalue weighted by atomic mass is 35.5. The Morgan fingerprint density at radius 2 is 2.30 bits per heavy atom. The second kappa shape index (κ2) is 4.36. The monoisotopic (exact) mass is 178 g/mol. The van der Waals surface area contributed by atoms with Crippen molar-refractivity contribution in [3.05, 3.63) is 23.9 Å². The molecule has 0 bridgehead atoms. The molecule has 0 aliphatic rings. The van der Waals surface area contributed by atoms with E-state index in [-0.39, 0.29) is 12.4 Å². The number of pyridine rings is 1. The van der Waals surface area contributed by atoms with E-state index in [0.29, 0.717) is 11.7 Å². The summed E-state index contributed by atoms with van der Waals surface area (Å²) >= 11 is 5.52. The molecule has 0 spiro atoms. The van der Waals surface area contributed by atoms with Gasteiger partial charge in [0.05, 0.1) is 0 Å². The molecular formula is C6H8Cl2N2. The highest BCUT2D eigenvalue weighted by Gasteiger charge is 1.88. The van der Waals surface area contributed by atoms with E-state index in [1.165, 1.54) is 0 Å².